The van der Waals surface area contributed by atoms with Crippen LogP contribution < -0.4 is 5.32 Å². The Morgan fingerprint density at radius 3 is 2.85 bits per heavy atom. The number of hydrogen-bond acceptors (Lipinski definition) is 6. The molecule has 3 fully saturated rings. The number of fused-ring (bicyclic) bond motifs is 1. The van der Waals surface area contributed by atoms with Gasteiger partial charge in [0.05, 0.1) is 6.04 Å². The van der Waals surface area contributed by atoms with E-state index in [0.29, 0.717) is 5.92 Å². The Bertz CT molecular complexity index is 415. The Labute approximate surface area is 121 Å². The second kappa shape index (κ2) is 5.65. The van der Waals surface area contributed by atoms with Gasteiger partial charge in [0.1, 0.15) is 29.9 Å². The van der Waals surface area contributed by atoms with Gasteiger partial charge in [0.25, 0.3) is 0 Å². The average molecular weight is 300 g/mol. The molecule has 2 heterocycles. The second-order valence-electron chi connectivity index (χ2n) is 5.55. The zero-order valence-corrected chi connectivity index (χ0v) is 11.9. The first-order valence-corrected chi connectivity index (χ1v) is 7.78. The summed E-state index contributed by atoms with van der Waals surface area (Å²) in [5.41, 5.74) is -0.356. The van der Waals surface area contributed by atoms with Crippen molar-refractivity contribution < 1.29 is 20.1 Å². The molecule has 3 aliphatic rings. The topological polar surface area (TPSA) is 94.3 Å². The molecule has 0 bridgehead atoms. The van der Waals surface area contributed by atoms with Crippen molar-refractivity contribution in [2.75, 3.05) is 6.54 Å². The van der Waals surface area contributed by atoms with Crippen LogP contribution >= 0.6 is 11.8 Å². The molecule has 4 N–H and O–H groups in total. The molecule has 3 rings (SSSR count). The van der Waals surface area contributed by atoms with Crippen LogP contribution in [-0.2, 0) is 4.74 Å². The van der Waals surface area contributed by atoms with E-state index in [1.165, 1.54) is 30.7 Å². The van der Waals surface area contributed by atoms with Gasteiger partial charge in [0.2, 0.25) is 0 Å². The number of rotatable bonds is 4. The van der Waals surface area contributed by atoms with Gasteiger partial charge in [-0.25, -0.2) is 0 Å². The van der Waals surface area contributed by atoms with Gasteiger partial charge in [-0.2, -0.15) is 0 Å². The van der Waals surface area contributed by atoms with E-state index in [0.717, 1.165) is 11.7 Å². The highest BCUT2D eigenvalue weighted by Gasteiger charge is 2.50. The molecule has 6 atom stereocenters. The standard InChI is InChI=1S/C13H20N2O4S/c1-2-7(16)11-10(18)9(17)8-12(19-11)20-13(15-8)14-5-6-3-4-6/h2,6-12,16-18H,1,3-5H2,(H,14,15). The molecular formula is C13H20N2O4S. The van der Waals surface area contributed by atoms with E-state index in [1.54, 1.807) is 0 Å². The summed E-state index contributed by atoms with van der Waals surface area (Å²) in [5.74, 6) is 0.694. The van der Waals surface area contributed by atoms with Gasteiger partial charge < -0.3 is 25.4 Å². The van der Waals surface area contributed by atoms with Crippen LogP contribution in [0, 0.1) is 5.92 Å². The minimum absolute atomic E-state index is 0.356. The molecule has 2 aliphatic heterocycles. The van der Waals surface area contributed by atoms with Crippen LogP contribution in [0.1, 0.15) is 12.8 Å². The zero-order chi connectivity index (χ0) is 14.3. The number of aliphatic hydroxyl groups is 3. The molecule has 20 heavy (non-hydrogen) atoms. The molecule has 6 unspecified atom stereocenters. The van der Waals surface area contributed by atoms with Crippen molar-refractivity contribution in [3.63, 3.8) is 0 Å². The number of nitrogens with one attached hydrogen (secondary N) is 1. The van der Waals surface area contributed by atoms with Crippen LogP contribution in [0.25, 0.3) is 0 Å². The fourth-order valence-corrected chi connectivity index (χ4v) is 3.57. The Balaban J connectivity index is 1.68. The average Bonchev–Trinajstić information content (AvgIpc) is 3.19. The maximum Gasteiger partial charge on any atom is 0.159 e. The van der Waals surface area contributed by atoms with Crippen molar-refractivity contribution in [3.05, 3.63) is 12.7 Å². The first-order valence-electron chi connectivity index (χ1n) is 6.90. The number of aliphatic imine (C=N–C) groups is 1. The lowest BCUT2D eigenvalue weighted by molar-refractivity contribution is -0.179. The highest BCUT2D eigenvalue weighted by molar-refractivity contribution is 8.14. The van der Waals surface area contributed by atoms with Crippen molar-refractivity contribution in [2.45, 2.75) is 48.7 Å². The number of nitrogens with zero attached hydrogens (tertiary/aromatic N) is 1. The van der Waals surface area contributed by atoms with Crippen LogP contribution in [0.15, 0.2) is 17.6 Å². The van der Waals surface area contributed by atoms with Gasteiger partial charge >= 0.3 is 0 Å². The summed E-state index contributed by atoms with van der Waals surface area (Å²) < 4.78 is 5.69. The first kappa shape index (κ1) is 14.3. The third kappa shape index (κ3) is 2.73. The van der Waals surface area contributed by atoms with Crippen molar-refractivity contribution in [2.24, 2.45) is 10.9 Å². The summed E-state index contributed by atoms with van der Waals surface area (Å²) in [4.78, 5) is 4.47. The van der Waals surface area contributed by atoms with Crippen molar-refractivity contribution >= 4 is 16.9 Å². The highest BCUT2D eigenvalue weighted by atomic mass is 32.2. The Hall–Kier alpha value is -0.600. The predicted molar refractivity (Wildman–Crippen MR) is 76.4 cm³/mol. The summed E-state index contributed by atoms with van der Waals surface area (Å²) in [5, 5.41) is 33.8. The second-order valence-corrected chi connectivity index (χ2v) is 6.64. The summed E-state index contributed by atoms with van der Waals surface area (Å²) in [6, 6.07) is -0.402. The fourth-order valence-electron chi connectivity index (χ4n) is 2.44. The van der Waals surface area contributed by atoms with Crippen LogP contribution in [-0.4, -0.2) is 62.9 Å². The monoisotopic (exact) mass is 300 g/mol. The Morgan fingerprint density at radius 2 is 2.20 bits per heavy atom. The molecule has 6 nitrogen and oxygen atoms in total. The van der Waals surface area contributed by atoms with Crippen LogP contribution in [0.4, 0.5) is 0 Å². The Kier molecular flexibility index (Phi) is 4.05. The van der Waals surface area contributed by atoms with E-state index in [1.807, 2.05) is 0 Å². The quantitative estimate of drug-likeness (QED) is 0.521. The molecule has 0 spiro atoms. The van der Waals surface area contributed by atoms with Gasteiger partial charge in [-0.05, 0) is 18.8 Å². The smallest absolute Gasteiger partial charge is 0.159 e. The van der Waals surface area contributed by atoms with Crippen LogP contribution in [0.5, 0.6) is 0 Å². The van der Waals surface area contributed by atoms with E-state index in [-0.39, 0.29) is 5.44 Å². The predicted octanol–water partition coefficient (Wildman–Crippen LogP) is -0.549. The van der Waals surface area contributed by atoms with Gasteiger partial charge in [-0.15, -0.1) is 6.58 Å². The SMILES string of the molecule is C=CC(O)C1OC2SC(=NCC3CC3)NC2C(O)C1O. The highest BCUT2D eigenvalue weighted by Crippen LogP contribution is 2.36. The van der Waals surface area contributed by atoms with Gasteiger partial charge in [-0.3, -0.25) is 4.99 Å². The molecule has 0 aromatic carbocycles. The largest absolute Gasteiger partial charge is 0.388 e. The molecular weight excluding hydrogens is 280 g/mol. The number of thioether (sulfide) groups is 1. The van der Waals surface area contributed by atoms with Crippen molar-refractivity contribution in [3.8, 4) is 0 Å². The first-order chi connectivity index (χ1) is 9.60. The molecule has 0 amide bonds. The van der Waals surface area contributed by atoms with E-state index >= 15 is 0 Å². The summed E-state index contributed by atoms with van der Waals surface area (Å²) in [6.45, 7) is 4.28. The molecule has 2 saturated heterocycles. The van der Waals surface area contributed by atoms with Crippen LogP contribution in [0.3, 0.4) is 0 Å². The maximum absolute atomic E-state index is 10.2. The normalized spacial score (nSPS) is 44.0. The lowest BCUT2D eigenvalue weighted by atomic mass is 9.95. The fraction of sp³-hybridized carbons (Fsp3) is 0.769. The van der Waals surface area contributed by atoms with Gasteiger partial charge in [0, 0.05) is 6.54 Å². The lowest BCUT2D eigenvalue weighted by Crippen LogP contribution is -2.61. The molecule has 0 radical (unpaired) electrons. The van der Waals surface area contributed by atoms with Gasteiger partial charge in [0.15, 0.2) is 5.17 Å². The lowest BCUT2D eigenvalue weighted by Gasteiger charge is -2.40. The summed E-state index contributed by atoms with van der Waals surface area (Å²) in [6.07, 6.45) is -0.251. The molecule has 7 heteroatoms. The summed E-state index contributed by atoms with van der Waals surface area (Å²) in [7, 11) is 0. The maximum atomic E-state index is 10.2. The van der Waals surface area contributed by atoms with E-state index in [9.17, 15) is 15.3 Å². The summed E-state index contributed by atoms with van der Waals surface area (Å²) >= 11 is 1.40. The Morgan fingerprint density at radius 1 is 1.45 bits per heavy atom. The zero-order valence-electron chi connectivity index (χ0n) is 11.1. The number of aliphatic hydroxyl groups excluding tert-OH is 3. The molecule has 0 aromatic rings. The minimum Gasteiger partial charge on any atom is -0.388 e. The molecule has 112 valence electrons. The minimum atomic E-state index is -1.15. The number of amidine groups is 1. The molecule has 1 saturated carbocycles. The third-order valence-corrected chi connectivity index (χ3v) is 5.03. The van der Waals surface area contributed by atoms with E-state index < -0.39 is 30.5 Å². The van der Waals surface area contributed by atoms with E-state index in [2.05, 4.69) is 16.9 Å². The molecule has 1 aliphatic carbocycles. The van der Waals surface area contributed by atoms with Crippen LogP contribution in [0.2, 0.25) is 0 Å². The van der Waals surface area contributed by atoms with Crippen molar-refractivity contribution in [1.82, 2.24) is 5.32 Å². The number of hydrogen-bond donors (Lipinski definition) is 4. The van der Waals surface area contributed by atoms with Crippen molar-refractivity contribution in [1.29, 1.82) is 0 Å². The molecule has 0 aromatic heterocycles. The third-order valence-electron chi connectivity index (χ3n) is 3.92. The van der Waals surface area contributed by atoms with E-state index in [4.69, 9.17) is 4.74 Å². The number of ether oxygens (including phenoxy) is 1. The van der Waals surface area contributed by atoms with Gasteiger partial charge in [-0.1, -0.05) is 17.8 Å².